The van der Waals surface area contributed by atoms with Crippen LogP contribution in [0.1, 0.15) is 50.7 Å². The molecule has 2 heterocycles. The van der Waals surface area contributed by atoms with E-state index in [-0.39, 0.29) is 11.2 Å². The molecule has 1 aliphatic heterocycles. The Morgan fingerprint density at radius 1 is 1.29 bits per heavy atom. The lowest BCUT2D eigenvalue weighted by Gasteiger charge is -2.42. The molecular formula is C23H25N5OS2. The average Bonchev–Trinajstić information content (AvgIpc) is 3.15. The predicted octanol–water partition coefficient (Wildman–Crippen LogP) is 4.90. The fourth-order valence-electron chi connectivity index (χ4n) is 4.29. The number of nitriles is 1. The average molecular weight is 452 g/mol. The standard InChI is InChI=1S/C23H25N5OS2/c1-5-30-22-27-26-21(31-22)28-16-10-23(3,4)11-17(29)19(16)18(15(12-24)20(28)25)14-8-6-13(2)7-9-14/h6-9,18H,5,10-11,25H2,1-4H3. The Balaban J connectivity index is 1.94. The molecule has 31 heavy (non-hydrogen) atoms. The van der Waals surface area contributed by atoms with Crippen LogP contribution in [0.4, 0.5) is 5.13 Å². The van der Waals surface area contributed by atoms with Gasteiger partial charge in [-0.1, -0.05) is 73.7 Å². The van der Waals surface area contributed by atoms with Crippen molar-refractivity contribution in [2.45, 2.75) is 50.8 Å². The molecule has 4 rings (SSSR count). The number of hydrogen-bond donors (Lipinski definition) is 1. The maximum absolute atomic E-state index is 13.5. The molecule has 0 saturated heterocycles. The topological polar surface area (TPSA) is 95.9 Å². The van der Waals surface area contributed by atoms with Crippen molar-refractivity contribution in [3.05, 3.63) is 58.1 Å². The summed E-state index contributed by atoms with van der Waals surface area (Å²) in [6.07, 6.45) is 1.11. The summed E-state index contributed by atoms with van der Waals surface area (Å²) in [5, 5.41) is 19.3. The zero-order chi connectivity index (χ0) is 22.3. The number of ketones is 1. The van der Waals surface area contributed by atoms with Crippen LogP contribution in [0.25, 0.3) is 0 Å². The van der Waals surface area contributed by atoms with Crippen LogP contribution in [0.5, 0.6) is 0 Å². The molecule has 0 bridgehead atoms. The van der Waals surface area contributed by atoms with Gasteiger partial charge in [0, 0.05) is 17.7 Å². The number of carbonyl (C=O) groups excluding carboxylic acids is 1. The predicted molar refractivity (Wildman–Crippen MR) is 125 cm³/mol. The summed E-state index contributed by atoms with van der Waals surface area (Å²) in [6.45, 7) is 8.25. The number of nitrogens with zero attached hydrogens (tertiary/aromatic N) is 4. The lowest BCUT2D eigenvalue weighted by Crippen LogP contribution is -2.42. The van der Waals surface area contributed by atoms with Crippen LogP contribution < -0.4 is 10.6 Å². The number of carbonyl (C=O) groups is 1. The number of thioether (sulfide) groups is 1. The molecule has 0 spiro atoms. The first-order valence-corrected chi connectivity index (χ1v) is 12.0. The first-order chi connectivity index (χ1) is 14.8. The molecule has 160 valence electrons. The quantitative estimate of drug-likeness (QED) is 0.661. The maximum Gasteiger partial charge on any atom is 0.219 e. The molecule has 0 radical (unpaired) electrons. The molecule has 0 amide bonds. The van der Waals surface area contributed by atoms with E-state index < -0.39 is 5.92 Å². The van der Waals surface area contributed by atoms with Gasteiger partial charge in [-0.3, -0.25) is 9.69 Å². The van der Waals surface area contributed by atoms with E-state index in [1.54, 1.807) is 16.7 Å². The minimum atomic E-state index is -0.460. The Morgan fingerprint density at radius 3 is 2.65 bits per heavy atom. The largest absolute Gasteiger partial charge is 0.384 e. The van der Waals surface area contributed by atoms with Crippen LogP contribution >= 0.6 is 23.1 Å². The van der Waals surface area contributed by atoms with Crippen LogP contribution in [-0.2, 0) is 4.79 Å². The lowest BCUT2D eigenvalue weighted by molar-refractivity contribution is -0.118. The number of aryl methyl sites for hydroxylation is 1. The second-order valence-corrected chi connectivity index (χ2v) is 11.1. The molecule has 1 aliphatic carbocycles. The van der Waals surface area contributed by atoms with Gasteiger partial charge in [-0.2, -0.15) is 5.26 Å². The SMILES string of the molecule is CCSc1nnc(N2C(N)=C(C#N)C(c3ccc(C)cc3)C3=C2CC(C)(C)CC3=O)s1. The van der Waals surface area contributed by atoms with Gasteiger partial charge in [0.1, 0.15) is 5.82 Å². The Kier molecular flexibility index (Phi) is 5.67. The van der Waals surface area contributed by atoms with Crippen molar-refractivity contribution in [3.8, 4) is 6.07 Å². The van der Waals surface area contributed by atoms with Crippen LogP contribution in [0, 0.1) is 23.7 Å². The molecule has 0 saturated carbocycles. The number of benzene rings is 1. The van der Waals surface area contributed by atoms with Crippen molar-refractivity contribution in [2.75, 3.05) is 10.7 Å². The van der Waals surface area contributed by atoms with Crippen molar-refractivity contribution in [3.63, 3.8) is 0 Å². The smallest absolute Gasteiger partial charge is 0.219 e. The van der Waals surface area contributed by atoms with E-state index >= 15 is 0 Å². The van der Waals surface area contributed by atoms with Crippen molar-refractivity contribution in [2.24, 2.45) is 11.1 Å². The van der Waals surface area contributed by atoms with Gasteiger partial charge < -0.3 is 5.73 Å². The summed E-state index contributed by atoms with van der Waals surface area (Å²) in [4.78, 5) is 15.3. The van der Waals surface area contributed by atoms with Crippen molar-refractivity contribution >= 4 is 34.0 Å². The molecular weight excluding hydrogens is 426 g/mol. The minimum absolute atomic E-state index is 0.0646. The molecule has 2 N–H and O–H groups in total. The second-order valence-electron chi connectivity index (χ2n) is 8.67. The highest BCUT2D eigenvalue weighted by molar-refractivity contribution is 8.01. The summed E-state index contributed by atoms with van der Waals surface area (Å²) < 4.78 is 0.841. The van der Waals surface area contributed by atoms with E-state index in [2.05, 4.69) is 37.0 Å². The van der Waals surface area contributed by atoms with E-state index in [9.17, 15) is 10.1 Å². The molecule has 1 aromatic heterocycles. The van der Waals surface area contributed by atoms with Crippen molar-refractivity contribution in [1.29, 1.82) is 5.26 Å². The highest BCUT2D eigenvalue weighted by Crippen LogP contribution is 2.50. The fraction of sp³-hybridized carbons (Fsp3) is 0.391. The third-order valence-corrected chi connectivity index (χ3v) is 7.57. The maximum atomic E-state index is 13.5. The molecule has 1 atom stereocenters. The minimum Gasteiger partial charge on any atom is -0.384 e. The summed E-state index contributed by atoms with van der Waals surface area (Å²) in [6, 6.07) is 10.3. The van der Waals surface area contributed by atoms with Gasteiger partial charge in [-0.05, 0) is 30.1 Å². The monoisotopic (exact) mass is 451 g/mol. The number of Topliss-reactive ketones (excluding diaryl/α,β-unsaturated/α-hetero) is 1. The molecule has 2 aliphatic rings. The van der Waals surface area contributed by atoms with Gasteiger partial charge in [0.2, 0.25) is 5.13 Å². The molecule has 1 aromatic carbocycles. The first-order valence-electron chi connectivity index (χ1n) is 10.2. The van der Waals surface area contributed by atoms with E-state index in [1.165, 1.54) is 11.3 Å². The summed E-state index contributed by atoms with van der Waals surface area (Å²) in [5.74, 6) is 0.826. The summed E-state index contributed by atoms with van der Waals surface area (Å²) in [5.41, 5.74) is 10.3. The van der Waals surface area contributed by atoms with Crippen LogP contribution in [0.2, 0.25) is 0 Å². The number of rotatable bonds is 4. The van der Waals surface area contributed by atoms with Crippen LogP contribution in [0.3, 0.4) is 0 Å². The normalized spacial score (nSPS) is 20.7. The van der Waals surface area contributed by atoms with Gasteiger partial charge >= 0.3 is 0 Å². The highest BCUT2D eigenvalue weighted by Gasteiger charge is 2.45. The van der Waals surface area contributed by atoms with Gasteiger partial charge in [-0.25, -0.2) is 0 Å². The lowest BCUT2D eigenvalue weighted by atomic mass is 9.68. The van der Waals surface area contributed by atoms with E-state index in [4.69, 9.17) is 5.73 Å². The van der Waals surface area contributed by atoms with Gasteiger partial charge in [-0.15, -0.1) is 10.2 Å². The van der Waals surface area contributed by atoms with Crippen molar-refractivity contribution in [1.82, 2.24) is 10.2 Å². The van der Waals surface area contributed by atoms with E-state index in [0.29, 0.717) is 34.9 Å². The number of nitrogens with two attached hydrogens (primary N) is 1. The number of hydrogen-bond acceptors (Lipinski definition) is 8. The van der Waals surface area contributed by atoms with Crippen LogP contribution in [-0.4, -0.2) is 21.7 Å². The van der Waals surface area contributed by atoms with E-state index in [1.807, 2.05) is 31.2 Å². The van der Waals surface area contributed by atoms with E-state index in [0.717, 1.165) is 26.9 Å². The molecule has 2 aromatic rings. The Bertz CT molecular complexity index is 1140. The van der Waals surface area contributed by atoms with Crippen LogP contribution in [0.15, 0.2) is 51.3 Å². The molecule has 0 fully saturated rings. The number of allylic oxidation sites excluding steroid dienone is 3. The first kappa shape index (κ1) is 21.6. The fourth-order valence-corrected chi connectivity index (χ4v) is 6.07. The summed E-state index contributed by atoms with van der Waals surface area (Å²) in [7, 11) is 0. The second kappa shape index (κ2) is 8.13. The van der Waals surface area contributed by atoms with Gasteiger partial charge in [0.15, 0.2) is 10.1 Å². The van der Waals surface area contributed by atoms with Crippen molar-refractivity contribution < 1.29 is 4.79 Å². The number of aromatic nitrogens is 2. The molecule has 1 unspecified atom stereocenters. The Hall–Kier alpha value is -2.63. The Morgan fingerprint density at radius 2 is 2.00 bits per heavy atom. The van der Waals surface area contributed by atoms with Gasteiger partial charge in [0.25, 0.3) is 0 Å². The summed E-state index contributed by atoms with van der Waals surface area (Å²) >= 11 is 3.04. The zero-order valence-electron chi connectivity index (χ0n) is 18.1. The third kappa shape index (κ3) is 3.88. The highest BCUT2D eigenvalue weighted by atomic mass is 32.2. The van der Waals surface area contributed by atoms with Gasteiger partial charge in [0.05, 0.1) is 17.6 Å². The molecule has 8 heteroatoms. The molecule has 6 nitrogen and oxygen atoms in total. The number of anilines is 1. The third-order valence-electron chi connectivity index (χ3n) is 5.65. The Labute approximate surface area is 190 Å². The zero-order valence-corrected chi connectivity index (χ0v) is 19.7.